The number of carbonyl (C=O) groups is 2. The molecule has 26 heavy (non-hydrogen) atoms. The Morgan fingerprint density at radius 2 is 1.58 bits per heavy atom. The lowest BCUT2D eigenvalue weighted by atomic mass is 10.1. The Morgan fingerprint density at radius 3 is 2.19 bits per heavy atom. The lowest BCUT2D eigenvalue weighted by molar-refractivity contribution is -0.123. The zero-order valence-electron chi connectivity index (χ0n) is 15.1. The second-order valence-electron chi connectivity index (χ2n) is 5.76. The van der Waals surface area contributed by atoms with E-state index in [-0.39, 0.29) is 6.42 Å². The molecule has 2 aromatic rings. The van der Waals surface area contributed by atoms with Crippen LogP contribution in [0.1, 0.15) is 17.5 Å². The molecule has 0 radical (unpaired) electrons. The second-order valence-corrected chi connectivity index (χ2v) is 6.17. The van der Waals surface area contributed by atoms with Crippen LogP contribution in [0.4, 0.5) is 11.4 Å². The highest BCUT2D eigenvalue weighted by molar-refractivity contribution is 6.32. The first-order valence-corrected chi connectivity index (χ1v) is 8.30. The van der Waals surface area contributed by atoms with Crippen molar-refractivity contribution >= 4 is 34.8 Å². The fraction of sp³-hybridized carbons (Fsp3) is 0.263. The summed E-state index contributed by atoms with van der Waals surface area (Å²) in [6, 6.07) is 8.64. The van der Waals surface area contributed by atoms with Crippen LogP contribution in [0.15, 0.2) is 30.3 Å². The van der Waals surface area contributed by atoms with Crippen LogP contribution in [-0.2, 0) is 9.59 Å². The second kappa shape index (κ2) is 8.58. The molecule has 0 fully saturated rings. The summed E-state index contributed by atoms with van der Waals surface area (Å²) >= 11 is 6.03. The van der Waals surface area contributed by atoms with Gasteiger partial charge in [0.1, 0.15) is 17.9 Å². The number of nitrogens with one attached hydrogen (secondary N) is 2. The van der Waals surface area contributed by atoms with Crippen molar-refractivity contribution in [3.8, 4) is 11.5 Å². The highest BCUT2D eigenvalue weighted by Gasteiger charge is 2.15. The van der Waals surface area contributed by atoms with Crippen LogP contribution < -0.4 is 20.1 Å². The first-order chi connectivity index (χ1) is 12.3. The predicted octanol–water partition coefficient (Wildman–Crippen LogP) is 3.94. The molecule has 0 aliphatic heterocycles. The highest BCUT2D eigenvalue weighted by Crippen LogP contribution is 2.35. The van der Waals surface area contributed by atoms with Gasteiger partial charge in [0, 0.05) is 17.8 Å². The van der Waals surface area contributed by atoms with Gasteiger partial charge in [0.15, 0.2) is 0 Å². The SMILES string of the molecule is COc1cc(NC(=O)CC(=O)Nc2ccc(C)c(C)c2)c(OC)cc1Cl. The number of hydrogen-bond donors (Lipinski definition) is 2. The molecule has 2 N–H and O–H groups in total. The average Bonchev–Trinajstić information content (AvgIpc) is 2.59. The fourth-order valence-electron chi connectivity index (χ4n) is 2.32. The van der Waals surface area contributed by atoms with Crippen LogP contribution in [0.5, 0.6) is 11.5 Å². The van der Waals surface area contributed by atoms with Gasteiger partial charge in [-0.1, -0.05) is 17.7 Å². The molecule has 0 saturated carbocycles. The van der Waals surface area contributed by atoms with Crippen molar-refractivity contribution in [2.24, 2.45) is 0 Å². The minimum atomic E-state index is -0.478. The number of halogens is 1. The number of methoxy groups -OCH3 is 2. The molecule has 7 heteroatoms. The first kappa shape index (κ1) is 19.6. The van der Waals surface area contributed by atoms with Crippen LogP contribution in [-0.4, -0.2) is 26.0 Å². The molecule has 0 saturated heterocycles. The van der Waals surface area contributed by atoms with Gasteiger partial charge in [0.25, 0.3) is 0 Å². The summed E-state index contributed by atoms with van der Waals surface area (Å²) in [5.41, 5.74) is 3.21. The number of amides is 2. The van der Waals surface area contributed by atoms with Crippen molar-refractivity contribution in [3.63, 3.8) is 0 Å². The standard InChI is InChI=1S/C19H21ClN2O4/c1-11-5-6-13(7-12(11)2)21-18(23)10-19(24)22-15-9-16(25-3)14(20)8-17(15)26-4/h5-9H,10H2,1-4H3,(H,21,23)(H,22,24). The monoisotopic (exact) mass is 376 g/mol. The largest absolute Gasteiger partial charge is 0.495 e. The molecule has 0 unspecified atom stereocenters. The van der Waals surface area contributed by atoms with Gasteiger partial charge in [-0.25, -0.2) is 0 Å². The minimum absolute atomic E-state index is 0.332. The van der Waals surface area contributed by atoms with E-state index in [1.807, 2.05) is 26.0 Å². The van der Waals surface area contributed by atoms with Crippen LogP contribution in [0, 0.1) is 13.8 Å². The Kier molecular flexibility index (Phi) is 6.46. The average molecular weight is 377 g/mol. The van der Waals surface area contributed by atoms with E-state index in [2.05, 4.69) is 10.6 Å². The third kappa shape index (κ3) is 4.89. The van der Waals surface area contributed by atoms with E-state index in [1.165, 1.54) is 20.3 Å². The van der Waals surface area contributed by atoms with Gasteiger partial charge in [0.2, 0.25) is 11.8 Å². The Labute approximate surface area is 157 Å². The third-order valence-electron chi connectivity index (χ3n) is 3.86. The lowest BCUT2D eigenvalue weighted by Crippen LogP contribution is -2.21. The molecule has 0 heterocycles. The summed E-state index contributed by atoms with van der Waals surface area (Å²) in [6.07, 6.45) is -0.332. The molecule has 0 aliphatic rings. The van der Waals surface area contributed by atoms with Crippen molar-refractivity contribution in [2.75, 3.05) is 24.9 Å². The van der Waals surface area contributed by atoms with Gasteiger partial charge in [0.05, 0.1) is 24.9 Å². The number of rotatable bonds is 6. The Hall–Kier alpha value is -2.73. The predicted molar refractivity (Wildman–Crippen MR) is 102 cm³/mol. The molecule has 2 aromatic carbocycles. The summed E-state index contributed by atoms with van der Waals surface area (Å²) < 4.78 is 10.3. The van der Waals surface area contributed by atoms with E-state index in [1.54, 1.807) is 12.1 Å². The first-order valence-electron chi connectivity index (χ1n) is 7.92. The number of ether oxygens (including phenoxy) is 2. The number of aryl methyl sites for hydroxylation is 2. The molecule has 0 aromatic heterocycles. The maximum Gasteiger partial charge on any atom is 0.233 e. The molecule has 0 spiro atoms. The Morgan fingerprint density at radius 1 is 0.923 bits per heavy atom. The van der Waals surface area contributed by atoms with Crippen molar-refractivity contribution < 1.29 is 19.1 Å². The number of hydrogen-bond acceptors (Lipinski definition) is 4. The quantitative estimate of drug-likeness (QED) is 0.748. The molecule has 0 bridgehead atoms. The molecule has 138 valence electrons. The molecule has 2 rings (SSSR count). The molecular formula is C19H21ClN2O4. The summed E-state index contributed by atoms with van der Waals surface area (Å²) in [7, 11) is 2.93. The lowest BCUT2D eigenvalue weighted by Gasteiger charge is -2.13. The summed E-state index contributed by atoms with van der Waals surface area (Å²) in [5.74, 6) is -0.124. The molecule has 2 amide bonds. The van der Waals surface area contributed by atoms with Gasteiger partial charge in [-0.3, -0.25) is 9.59 Å². The minimum Gasteiger partial charge on any atom is -0.495 e. The third-order valence-corrected chi connectivity index (χ3v) is 4.16. The van der Waals surface area contributed by atoms with Gasteiger partial charge in [-0.05, 0) is 37.1 Å². The summed E-state index contributed by atoms with van der Waals surface area (Å²) in [5, 5.41) is 5.70. The van der Waals surface area contributed by atoms with Crippen molar-refractivity contribution in [3.05, 3.63) is 46.5 Å². The van der Waals surface area contributed by atoms with Crippen molar-refractivity contribution in [1.82, 2.24) is 0 Å². The molecule has 6 nitrogen and oxygen atoms in total. The molecule has 0 atom stereocenters. The van der Waals surface area contributed by atoms with E-state index >= 15 is 0 Å². The van der Waals surface area contributed by atoms with Crippen molar-refractivity contribution in [1.29, 1.82) is 0 Å². The van der Waals surface area contributed by atoms with Gasteiger partial charge >= 0.3 is 0 Å². The highest BCUT2D eigenvalue weighted by atomic mass is 35.5. The van der Waals surface area contributed by atoms with Crippen LogP contribution in [0.25, 0.3) is 0 Å². The van der Waals surface area contributed by atoms with E-state index in [0.29, 0.717) is 27.9 Å². The van der Waals surface area contributed by atoms with Gasteiger partial charge < -0.3 is 20.1 Å². The van der Waals surface area contributed by atoms with E-state index in [0.717, 1.165) is 11.1 Å². The zero-order valence-corrected chi connectivity index (χ0v) is 15.9. The maximum absolute atomic E-state index is 12.2. The number of benzene rings is 2. The van der Waals surface area contributed by atoms with Crippen LogP contribution in [0.3, 0.4) is 0 Å². The molecular weight excluding hydrogens is 356 g/mol. The fourth-order valence-corrected chi connectivity index (χ4v) is 2.55. The normalized spacial score (nSPS) is 10.2. The maximum atomic E-state index is 12.2. The summed E-state index contributed by atoms with van der Waals surface area (Å²) in [6.45, 7) is 3.94. The zero-order chi connectivity index (χ0) is 19.3. The van der Waals surface area contributed by atoms with Crippen LogP contribution >= 0.6 is 11.6 Å². The Balaban J connectivity index is 2.03. The van der Waals surface area contributed by atoms with Crippen molar-refractivity contribution in [2.45, 2.75) is 20.3 Å². The topological polar surface area (TPSA) is 76.7 Å². The number of anilines is 2. The van der Waals surface area contributed by atoms with E-state index in [4.69, 9.17) is 21.1 Å². The van der Waals surface area contributed by atoms with Gasteiger partial charge in [-0.2, -0.15) is 0 Å². The van der Waals surface area contributed by atoms with Crippen LogP contribution in [0.2, 0.25) is 5.02 Å². The smallest absolute Gasteiger partial charge is 0.233 e. The Bertz CT molecular complexity index is 837. The van der Waals surface area contributed by atoms with E-state index < -0.39 is 11.8 Å². The summed E-state index contributed by atoms with van der Waals surface area (Å²) in [4.78, 5) is 24.3. The molecule has 0 aliphatic carbocycles. The van der Waals surface area contributed by atoms with Gasteiger partial charge in [-0.15, -0.1) is 0 Å². The van der Waals surface area contributed by atoms with E-state index in [9.17, 15) is 9.59 Å². The number of carbonyl (C=O) groups excluding carboxylic acids is 2.